The van der Waals surface area contributed by atoms with Crippen molar-refractivity contribution < 1.29 is 9.53 Å². The van der Waals surface area contributed by atoms with E-state index in [1.54, 1.807) is 5.01 Å². The highest BCUT2D eigenvalue weighted by atomic mass is 16.5. The Labute approximate surface area is 102 Å². The van der Waals surface area contributed by atoms with E-state index in [2.05, 4.69) is 5.10 Å². The van der Waals surface area contributed by atoms with Crippen LogP contribution in [0.2, 0.25) is 0 Å². The molecule has 2 fully saturated rings. The van der Waals surface area contributed by atoms with Crippen LogP contribution in [0.15, 0.2) is 5.10 Å². The minimum absolute atomic E-state index is 0.229. The highest BCUT2D eigenvalue weighted by Gasteiger charge is 2.34. The summed E-state index contributed by atoms with van der Waals surface area (Å²) in [5.74, 6) is 0.680. The van der Waals surface area contributed by atoms with Gasteiger partial charge in [0.05, 0.1) is 6.04 Å². The first kappa shape index (κ1) is 11.2. The number of carbonyl (C=O) groups excluding carboxylic acids is 1. The fourth-order valence-corrected chi connectivity index (χ4v) is 3.13. The lowest BCUT2D eigenvalue weighted by molar-refractivity contribution is -0.137. The maximum Gasteiger partial charge on any atom is 0.243 e. The molecule has 3 aliphatic rings. The zero-order valence-electron chi connectivity index (χ0n) is 10.2. The highest BCUT2D eigenvalue weighted by Crippen LogP contribution is 2.31. The number of ether oxygens (including phenoxy) is 1. The van der Waals surface area contributed by atoms with Crippen molar-refractivity contribution in [3.63, 3.8) is 0 Å². The third-order valence-corrected chi connectivity index (χ3v) is 4.16. The number of carbonyl (C=O) groups is 1. The fourth-order valence-electron chi connectivity index (χ4n) is 3.13. The van der Waals surface area contributed by atoms with E-state index < -0.39 is 0 Å². The number of amides is 1. The molecule has 0 spiro atoms. The Hall–Kier alpha value is -0.900. The van der Waals surface area contributed by atoms with Gasteiger partial charge in [-0.05, 0) is 32.1 Å². The lowest BCUT2D eigenvalue weighted by Gasteiger charge is -2.37. The van der Waals surface area contributed by atoms with Gasteiger partial charge in [-0.1, -0.05) is 6.42 Å². The molecule has 1 amide bonds. The van der Waals surface area contributed by atoms with Gasteiger partial charge >= 0.3 is 0 Å². The molecule has 1 atom stereocenters. The quantitative estimate of drug-likeness (QED) is 0.698. The van der Waals surface area contributed by atoms with E-state index in [1.165, 1.54) is 18.6 Å². The van der Waals surface area contributed by atoms with E-state index in [1.807, 2.05) is 0 Å². The first-order valence-electron chi connectivity index (χ1n) is 6.82. The van der Waals surface area contributed by atoms with Crippen molar-refractivity contribution in [3.8, 4) is 0 Å². The minimum Gasteiger partial charge on any atom is -0.381 e. The Morgan fingerprint density at radius 2 is 2.00 bits per heavy atom. The summed E-state index contributed by atoms with van der Waals surface area (Å²) in [6.45, 7) is 1.53. The Morgan fingerprint density at radius 1 is 1.18 bits per heavy atom. The van der Waals surface area contributed by atoms with E-state index in [0.29, 0.717) is 12.3 Å². The van der Waals surface area contributed by atoms with Crippen LogP contribution in [0.25, 0.3) is 0 Å². The lowest BCUT2D eigenvalue weighted by Crippen LogP contribution is -2.45. The molecule has 4 heteroatoms. The minimum atomic E-state index is 0.229. The van der Waals surface area contributed by atoms with E-state index in [-0.39, 0.29) is 11.9 Å². The fraction of sp³-hybridized carbons (Fsp3) is 0.846. The van der Waals surface area contributed by atoms with Gasteiger partial charge in [0, 0.05) is 31.3 Å². The molecule has 0 N–H and O–H groups in total. The van der Waals surface area contributed by atoms with Gasteiger partial charge < -0.3 is 4.74 Å². The normalized spacial score (nSPS) is 31.1. The molecule has 17 heavy (non-hydrogen) atoms. The Kier molecular flexibility index (Phi) is 3.14. The van der Waals surface area contributed by atoms with Crippen molar-refractivity contribution >= 4 is 11.6 Å². The molecule has 1 saturated carbocycles. The van der Waals surface area contributed by atoms with Crippen LogP contribution in [0, 0.1) is 5.92 Å². The smallest absolute Gasteiger partial charge is 0.243 e. The summed E-state index contributed by atoms with van der Waals surface area (Å²) in [6.07, 6.45) is 7.32. The molecular weight excluding hydrogens is 216 g/mol. The van der Waals surface area contributed by atoms with Crippen LogP contribution in [0.3, 0.4) is 0 Å². The average Bonchev–Trinajstić information content (AvgIpc) is 2.39. The number of rotatable bonds is 1. The Bertz CT molecular complexity index is 334. The third kappa shape index (κ3) is 2.23. The summed E-state index contributed by atoms with van der Waals surface area (Å²) < 4.78 is 5.35. The van der Waals surface area contributed by atoms with Gasteiger partial charge in [0.15, 0.2) is 0 Å². The average molecular weight is 236 g/mol. The number of fused-ring (bicyclic) bond motifs is 1. The van der Waals surface area contributed by atoms with Crippen molar-refractivity contribution in [2.75, 3.05) is 13.2 Å². The van der Waals surface area contributed by atoms with Crippen LogP contribution < -0.4 is 0 Å². The van der Waals surface area contributed by atoms with Crippen molar-refractivity contribution in [3.05, 3.63) is 0 Å². The van der Waals surface area contributed by atoms with Gasteiger partial charge in [-0.25, -0.2) is 5.01 Å². The second kappa shape index (κ2) is 4.77. The maximum atomic E-state index is 12.1. The maximum absolute atomic E-state index is 12.1. The van der Waals surface area contributed by atoms with Gasteiger partial charge in [0.1, 0.15) is 0 Å². The summed E-state index contributed by atoms with van der Waals surface area (Å²) in [6, 6.07) is 0.284. The molecule has 1 aliphatic carbocycles. The Balaban J connectivity index is 1.77. The van der Waals surface area contributed by atoms with Crippen LogP contribution in [0.1, 0.15) is 44.9 Å². The van der Waals surface area contributed by atoms with Crippen LogP contribution in [0.4, 0.5) is 0 Å². The Morgan fingerprint density at radius 3 is 2.82 bits per heavy atom. The van der Waals surface area contributed by atoms with Crippen LogP contribution >= 0.6 is 0 Å². The van der Waals surface area contributed by atoms with Crippen LogP contribution in [-0.4, -0.2) is 35.9 Å². The molecule has 1 saturated heterocycles. The number of nitrogens with zero attached hydrogens (tertiary/aromatic N) is 2. The zero-order valence-corrected chi connectivity index (χ0v) is 10.2. The third-order valence-electron chi connectivity index (χ3n) is 4.16. The standard InChI is InChI=1S/C13H20N2O2/c16-13-9-10-3-1-2-4-12(10)14-15(13)11-5-7-17-8-6-11/h10-11H,1-9H2. The molecule has 94 valence electrons. The van der Waals surface area contributed by atoms with Crippen LogP contribution in [0.5, 0.6) is 0 Å². The summed E-state index contributed by atoms with van der Waals surface area (Å²) in [5, 5.41) is 6.43. The summed E-state index contributed by atoms with van der Waals surface area (Å²) >= 11 is 0. The molecule has 0 aromatic carbocycles. The van der Waals surface area contributed by atoms with Gasteiger partial charge in [-0.3, -0.25) is 4.79 Å². The molecule has 0 aromatic heterocycles. The molecule has 1 unspecified atom stereocenters. The predicted octanol–water partition coefficient (Wildman–Crippen LogP) is 1.94. The molecule has 2 aliphatic heterocycles. The molecule has 3 rings (SSSR count). The van der Waals surface area contributed by atoms with E-state index in [4.69, 9.17) is 4.74 Å². The van der Waals surface area contributed by atoms with E-state index in [9.17, 15) is 4.79 Å². The van der Waals surface area contributed by atoms with Gasteiger partial charge in [-0.15, -0.1) is 0 Å². The SMILES string of the molecule is O=C1CC2CCCCC2=NN1C1CCOCC1. The summed E-state index contributed by atoms with van der Waals surface area (Å²) in [7, 11) is 0. The first-order valence-corrected chi connectivity index (χ1v) is 6.82. The number of hydrogen-bond acceptors (Lipinski definition) is 3. The molecular formula is C13H20N2O2. The molecule has 0 aromatic rings. The largest absolute Gasteiger partial charge is 0.381 e. The highest BCUT2D eigenvalue weighted by molar-refractivity contribution is 5.95. The molecule has 2 heterocycles. The van der Waals surface area contributed by atoms with Crippen molar-refractivity contribution in [1.82, 2.24) is 5.01 Å². The molecule has 4 nitrogen and oxygen atoms in total. The monoisotopic (exact) mass is 236 g/mol. The van der Waals surface area contributed by atoms with Gasteiger partial charge in [-0.2, -0.15) is 5.10 Å². The van der Waals surface area contributed by atoms with Gasteiger partial charge in [0.2, 0.25) is 5.91 Å². The second-order valence-corrected chi connectivity index (χ2v) is 5.32. The van der Waals surface area contributed by atoms with Crippen molar-refractivity contribution in [1.29, 1.82) is 0 Å². The predicted molar refractivity (Wildman–Crippen MR) is 64.7 cm³/mol. The summed E-state index contributed by atoms with van der Waals surface area (Å²) in [5.41, 5.74) is 1.28. The van der Waals surface area contributed by atoms with Gasteiger partial charge in [0.25, 0.3) is 0 Å². The first-order chi connectivity index (χ1) is 8.34. The van der Waals surface area contributed by atoms with Crippen molar-refractivity contribution in [2.24, 2.45) is 11.0 Å². The molecule has 0 bridgehead atoms. The molecule has 0 radical (unpaired) electrons. The second-order valence-electron chi connectivity index (χ2n) is 5.32. The van der Waals surface area contributed by atoms with E-state index >= 15 is 0 Å². The lowest BCUT2D eigenvalue weighted by atomic mass is 9.83. The number of hydrazone groups is 1. The van der Waals surface area contributed by atoms with Crippen molar-refractivity contribution in [2.45, 2.75) is 51.0 Å². The topological polar surface area (TPSA) is 41.9 Å². The van der Waals surface area contributed by atoms with E-state index in [0.717, 1.165) is 38.9 Å². The van der Waals surface area contributed by atoms with Crippen LogP contribution in [-0.2, 0) is 9.53 Å². The number of hydrogen-bond donors (Lipinski definition) is 0. The zero-order chi connectivity index (χ0) is 11.7. The summed E-state index contributed by atoms with van der Waals surface area (Å²) in [4.78, 5) is 12.1.